The second kappa shape index (κ2) is 61.6. The van der Waals surface area contributed by atoms with Crippen molar-refractivity contribution in [3.63, 3.8) is 0 Å². The van der Waals surface area contributed by atoms with Crippen LogP contribution in [0.15, 0.2) is 0 Å². The Bertz CT molecular complexity index is 1800. The molecule has 0 heterocycles. The zero-order chi connectivity index (χ0) is 67.5. The Labute approximate surface area is 556 Å². The summed E-state index contributed by atoms with van der Waals surface area (Å²) < 4.78 is 68.3. The van der Waals surface area contributed by atoms with E-state index in [1.54, 1.807) is 0 Å². The van der Waals surface area contributed by atoms with Gasteiger partial charge in [-0.15, -0.1) is 0 Å². The first-order chi connectivity index (χ1) is 43.7. The standard InChI is InChI=1S/C72H140O17P2/c1-9-63(6)49-41-33-24-20-16-14-12-13-15-17-22-26-36-44-52-69(74)82-58-67(88-71(76)54-46-38-27-23-19-18-21-25-34-42-50-64(7)10-2)60-86-90(78,79)84-56-66(73)57-85-91(80,81)87-61-68(89-72(77)55-47-39-30-28-32-40-48-62(4)5)59-83-70(75)53-45-37-31-29-35-43-51-65(8)11-3/h62-68,73H,9-61H2,1-8H3,(H,78,79)(H,80,81)/t63?,64?,65?,66-,67-,68-/m1/s1. The van der Waals surface area contributed by atoms with E-state index in [-0.39, 0.29) is 25.7 Å². The van der Waals surface area contributed by atoms with Crippen molar-refractivity contribution < 1.29 is 80.2 Å². The molecule has 540 valence electrons. The van der Waals surface area contributed by atoms with Crippen molar-refractivity contribution in [2.45, 2.75) is 375 Å². The van der Waals surface area contributed by atoms with Gasteiger partial charge in [0.25, 0.3) is 0 Å². The zero-order valence-corrected chi connectivity index (χ0v) is 61.3. The van der Waals surface area contributed by atoms with E-state index in [1.807, 2.05) is 0 Å². The molecule has 0 saturated heterocycles. The lowest BCUT2D eigenvalue weighted by Crippen LogP contribution is -2.30. The van der Waals surface area contributed by atoms with E-state index in [1.165, 1.54) is 154 Å². The van der Waals surface area contributed by atoms with Crippen LogP contribution < -0.4 is 0 Å². The Hall–Kier alpha value is -1.94. The summed E-state index contributed by atoms with van der Waals surface area (Å²) in [5, 5.41) is 10.6. The molecular formula is C72H140O17P2. The number of esters is 4. The van der Waals surface area contributed by atoms with Gasteiger partial charge >= 0.3 is 39.5 Å². The molecule has 0 aromatic heterocycles. The number of phosphoric acid groups is 2. The molecule has 0 radical (unpaired) electrons. The molecule has 0 aliphatic rings. The molecule has 5 unspecified atom stereocenters. The number of hydrogen-bond donors (Lipinski definition) is 3. The number of phosphoric ester groups is 2. The second-order valence-electron chi connectivity index (χ2n) is 27.2. The van der Waals surface area contributed by atoms with E-state index in [4.69, 9.17) is 37.0 Å². The van der Waals surface area contributed by atoms with Crippen LogP contribution in [0.1, 0.15) is 357 Å². The third-order valence-electron chi connectivity index (χ3n) is 17.7. The molecule has 0 aliphatic heterocycles. The number of unbranched alkanes of at least 4 members (excludes halogenated alkanes) is 32. The fraction of sp³-hybridized carbons (Fsp3) is 0.944. The molecule has 17 nitrogen and oxygen atoms in total. The van der Waals surface area contributed by atoms with Gasteiger partial charge in [0.05, 0.1) is 26.4 Å². The molecule has 0 aliphatic carbocycles. The highest BCUT2D eigenvalue weighted by Crippen LogP contribution is 2.45. The van der Waals surface area contributed by atoms with E-state index in [9.17, 15) is 43.2 Å². The van der Waals surface area contributed by atoms with Crippen molar-refractivity contribution in [3.05, 3.63) is 0 Å². The smallest absolute Gasteiger partial charge is 0.462 e. The minimum atomic E-state index is -4.95. The zero-order valence-electron chi connectivity index (χ0n) is 59.5. The number of carbonyl (C=O) groups excluding carboxylic acids is 4. The molecule has 0 fully saturated rings. The largest absolute Gasteiger partial charge is 0.472 e. The third kappa shape index (κ3) is 62.6. The average molecular weight is 1340 g/mol. The molecule has 91 heavy (non-hydrogen) atoms. The highest BCUT2D eigenvalue weighted by Gasteiger charge is 2.30. The van der Waals surface area contributed by atoms with Gasteiger partial charge in [0.2, 0.25) is 0 Å². The van der Waals surface area contributed by atoms with Gasteiger partial charge in [0, 0.05) is 25.7 Å². The first kappa shape index (κ1) is 89.1. The lowest BCUT2D eigenvalue weighted by molar-refractivity contribution is -0.161. The Morgan fingerprint density at radius 3 is 0.780 bits per heavy atom. The fourth-order valence-electron chi connectivity index (χ4n) is 10.7. The topological polar surface area (TPSA) is 237 Å². The second-order valence-corrected chi connectivity index (χ2v) is 30.1. The number of carbonyl (C=O) groups is 4. The van der Waals surface area contributed by atoms with Crippen molar-refractivity contribution in [2.75, 3.05) is 39.6 Å². The highest BCUT2D eigenvalue weighted by atomic mass is 31.2. The van der Waals surface area contributed by atoms with Gasteiger partial charge in [-0.3, -0.25) is 37.3 Å². The number of hydrogen-bond acceptors (Lipinski definition) is 15. The molecule has 0 bridgehead atoms. The highest BCUT2D eigenvalue weighted by molar-refractivity contribution is 7.47. The Morgan fingerprint density at radius 1 is 0.308 bits per heavy atom. The number of ether oxygens (including phenoxy) is 4. The maximum atomic E-state index is 13.0. The van der Waals surface area contributed by atoms with Crippen LogP contribution in [-0.2, 0) is 65.4 Å². The minimum Gasteiger partial charge on any atom is -0.462 e. The summed E-state index contributed by atoms with van der Waals surface area (Å²) in [6.45, 7) is 14.1. The monoisotopic (exact) mass is 1340 g/mol. The summed E-state index contributed by atoms with van der Waals surface area (Å²) in [6, 6.07) is 0. The SMILES string of the molecule is CCC(C)CCCCCCCCCCCCCCCCC(=O)OC[C@H](COP(=O)(O)OC[C@@H](O)COP(=O)(O)OC[C@@H](COC(=O)CCCCCCCCC(C)CC)OC(=O)CCCCCCCCC(C)C)OC(=O)CCCCCCCCCCCCC(C)CC. The summed E-state index contributed by atoms with van der Waals surface area (Å²) in [6.07, 6.45) is 44.5. The van der Waals surface area contributed by atoms with Crippen molar-refractivity contribution in [2.24, 2.45) is 23.7 Å². The van der Waals surface area contributed by atoms with Crippen LogP contribution in [0.25, 0.3) is 0 Å². The first-order valence-corrected chi connectivity index (χ1v) is 40.3. The third-order valence-corrected chi connectivity index (χ3v) is 19.6. The van der Waals surface area contributed by atoms with Gasteiger partial charge in [-0.1, -0.05) is 306 Å². The van der Waals surface area contributed by atoms with Gasteiger partial charge in [0.15, 0.2) is 12.2 Å². The predicted octanol–water partition coefficient (Wildman–Crippen LogP) is 20.5. The Balaban J connectivity index is 5.22. The van der Waals surface area contributed by atoms with E-state index in [2.05, 4.69) is 55.4 Å². The summed E-state index contributed by atoms with van der Waals surface area (Å²) in [4.78, 5) is 72.6. The molecule has 0 aromatic rings. The Morgan fingerprint density at radius 2 is 0.527 bits per heavy atom. The Kier molecular flexibility index (Phi) is 60.3. The number of rotatable bonds is 69. The van der Waals surface area contributed by atoms with Gasteiger partial charge in [-0.2, -0.15) is 0 Å². The lowest BCUT2D eigenvalue weighted by atomic mass is 9.99. The summed E-state index contributed by atoms with van der Waals surface area (Å²) in [5.41, 5.74) is 0. The lowest BCUT2D eigenvalue weighted by Gasteiger charge is -2.21. The number of aliphatic hydroxyl groups excluding tert-OH is 1. The normalized spacial score (nSPS) is 15.1. The van der Waals surface area contributed by atoms with Crippen molar-refractivity contribution >= 4 is 39.5 Å². The van der Waals surface area contributed by atoms with Crippen LogP contribution in [0.5, 0.6) is 0 Å². The molecule has 8 atom stereocenters. The van der Waals surface area contributed by atoms with Crippen LogP contribution in [0.3, 0.4) is 0 Å². The number of aliphatic hydroxyl groups is 1. The van der Waals surface area contributed by atoms with E-state index in [0.29, 0.717) is 31.6 Å². The van der Waals surface area contributed by atoms with Gasteiger partial charge in [0.1, 0.15) is 19.3 Å². The van der Waals surface area contributed by atoms with Crippen LogP contribution >= 0.6 is 15.6 Å². The van der Waals surface area contributed by atoms with Crippen molar-refractivity contribution in [1.82, 2.24) is 0 Å². The van der Waals surface area contributed by atoms with Crippen LogP contribution in [0, 0.1) is 23.7 Å². The average Bonchev–Trinajstić information content (AvgIpc) is 3.66. The van der Waals surface area contributed by atoms with Gasteiger partial charge in [-0.25, -0.2) is 9.13 Å². The minimum absolute atomic E-state index is 0.101. The van der Waals surface area contributed by atoms with Crippen LogP contribution in [0.4, 0.5) is 0 Å². The van der Waals surface area contributed by atoms with Crippen LogP contribution in [0.2, 0.25) is 0 Å². The summed E-state index contributed by atoms with van der Waals surface area (Å²) in [5.74, 6) is 0.921. The molecule has 0 amide bonds. The maximum absolute atomic E-state index is 13.0. The van der Waals surface area contributed by atoms with E-state index < -0.39 is 97.5 Å². The van der Waals surface area contributed by atoms with Crippen molar-refractivity contribution in [3.8, 4) is 0 Å². The van der Waals surface area contributed by atoms with E-state index >= 15 is 0 Å². The summed E-state index contributed by atoms with van der Waals surface area (Å²) in [7, 11) is -9.90. The quantitative estimate of drug-likeness (QED) is 0.0222. The van der Waals surface area contributed by atoms with Gasteiger partial charge < -0.3 is 33.8 Å². The molecule has 3 N–H and O–H groups in total. The first-order valence-electron chi connectivity index (χ1n) is 37.3. The molecular weight excluding hydrogens is 1200 g/mol. The van der Waals surface area contributed by atoms with Crippen LogP contribution in [-0.4, -0.2) is 96.7 Å². The molecule has 0 aromatic carbocycles. The molecule has 0 saturated carbocycles. The fourth-order valence-corrected chi connectivity index (χ4v) is 12.3. The molecule has 0 rings (SSSR count). The predicted molar refractivity (Wildman–Crippen MR) is 367 cm³/mol. The van der Waals surface area contributed by atoms with Gasteiger partial charge in [-0.05, 0) is 49.4 Å². The summed E-state index contributed by atoms with van der Waals surface area (Å²) >= 11 is 0. The molecule has 19 heteroatoms. The van der Waals surface area contributed by atoms with E-state index in [0.717, 1.165) is 114 Å². The maximum Gasteiger partial charge on any atom is 0.472 e. The molecule has 0 spiro atoms. The van der Waals surface area contributed by atoms with Crippen molar-refractivity contribution in [1.29, 1.82) is 0 Å².